The van der Waals surface area contributed by atoms with E-state index in [4.69, 9.17) is 5.73 Å². The van der Waals surface area contributed by atoms with E-state index < -0.39 is 11.6 Å². The van der Waals surface area contributed by atoms with Gasteiger partial charge in [-0.05, 0) is 6.07 Å². The van der Waals surface area contributed by atoms with Gasteiger partial charge in [-0.2, -0.15) is 5.10 Å². The Morgan fingerprint density at radius 3 is 2.54 bits per heavy atom. The molecule has 0 amide bonds. The number of hydrogen-bond acceptors (Lipinski definition) is 4. The minimum absolute atomic E-state index is 0.0266. The number of nitrogens with zero attached hydrogens (tertiary/aromatic N) is 3. The van der Waals surface area contributed by atoms with Gasteiger partial charge >= 0.3 is 0 Å². The van der Waals surface area contributed by atoms with Crippen LogP contribution in [-0.2, 0) is 0 Å². The molecule has 4 rings (SSSR count). The Balaban J connectivity index is 1.93. The van der Waals surface area contributed by atoms with Crippen LogP contribution in [0.25, 0.3) is 33.7 Å². The van der Waals surface area contributed by atoms with Crippen molar-refractivity contribution >= 4 is 16.7 Å². The largest absolute Gasteiger partial charge is 0.384 e. The zero-order valence-electron chi connectivity index (χ0n) is 12.3. The second-order valence-electron chi connectivity index (χ2n) is 5.25. The van der Waals surface area contributed by atoms with Crippen molar-refractivity contribution in [2.24, 2.45) is 0 Å². The lowest BCUT2D eigenvalue weighted by Crippen LogP contribution is -1.98. The van der Waals surface area contributed by atoms with E-state index >= 15 is 0 Å². The van der Waals surface area contributed by atoms with Gasteiger partial charge in [-0.15, -0.1) is 0 Å². The molecule has 2 aromatic heterocycles. The molecular formula is C17H11F2N5. The Hall–Kier alpha value is -3.35. The summed E-state index contributed by atoms with van der Waals surface area (Å²) in [6.07, 6.45) is 0. The molecule has 0 saturated carbocycles. The molecule has 0 saturated heterocycles. The summed E-state index contributed by atoms with van der Waals surface area (Å²) in [5.41, 5.74) is 7.68. The number of benzene rings is 2. The average molecular weight is 323 g/mol. The van der Waals surface area contributed by atoms with Gasteiger partial charge in [-0.1, -0.05) is 30.3 Å². The molecule has 4 aromatic rings. The van der Waals surface area contributed by atoms with Crippen molar-refractivity contribution in [2.45, 2.75) is 0 Å². The number of nitrogen functional groups attached to an aromatic ring is 1. The molecule has 0 bridgehead atoms. The third-order valence-electron chi connectivity index (χ3n) is 3.62. The molecule has 7 heteroatoms. The number of H-pyrrole nitrogens is 1. The van der Waals surface area contributed by atoms with Crippen LogP contribution in [0.5, 0.6) is 0 Å². The lowest BCUT2D eigenvalue weighted by molar-refractivity contribution is 0.590. The SMILES string of the molecule is Nc1cc(-c2ccccc2)nc(-c2[nH]nc3c(F)cc(F)cc23)n1. The highest BCUT2D eigenvalue weighted by molar-refractivity contribution is 5.92. The van der Waals surface area contributed by atoms with E-state index in [-0.39, 0.29) is 22.5 Å². The molecular weight excluding hydrogens is 312 g/mol. The van der Waals surface area contributed by atoms with Gasteiger partial charge in [-0.3, -0.25) is 5.10 Å². The van der Waals surface area contributed by atoms with Gasteiger partial charge < -0.3 is 5.73 Å². The number of nitrogens with one attached hydrogen (secondary N) is 1. The summed E-state index contributed by atoms with van der Waals surface area (Å²) in [5.74, 6) is -0.977. The molecule has 0 spiro atoms. The fourth-order valence-electron chi connectivity index (χ4n) is 2.55. The summed E-state index contributed by atoms with van der Waals surface area (Å²) < 4.78 is 27.4. The molecule has 0 atom stereocenters. The Bertz CT molecular complexity index is 1040. The Morgan fingerprint density at radius 2 is 1.75 bits per heavy atom. The second-order valence-corrected chi connectivity index (χ2v) is 5.25. The Morgan fingerprint density at radius 1 is 0.958 bits per heavy atom. The first-order chi connectivity index (χ1) is 11.6. The molecule has 0 aliphatic carbocycles. The zero-order valence-corrected chi connectivity index (χ0v) is 12.3. The molecule has 0 aliphatic heterocycles. The first-order valence-corrected chi connectivity index (χ1v) is 7.15. The van der Waals surface area contributed by atoms with Crippen molar-refractivity contribution in [3.8, 4) is 22.8 Å². The zero-order chi connectivity index (χ0) is 16.7. The molecule has 118 valence electrons. The number of hydrogen-bond donors (Lipinski definition) is 2. The second kappa shape index (κ2) is 5.38. The molecule has 5 nitrogen and oxygen atoms in total. The fraction of sp³-hybridized carbons (Fsp3) is 0. The quantitative estimate of drug-likeness (QED) is 0.591. The predicted molar refractivity (Wildman–Crippen MR) is 86.9 cm³/mol. The molecule has 0 fully saturated rings. The molecule has 0 aliphatic rings. The van der Waals surface area contributed by atoms with Crippen LogP contribution < -0.4 is 5.73 Å². The maximum absolute atomic E-state index is 13.8. The summed E-state index contributed by atoms with van der Waals surface area (Å²) in [6, 6.07) is 13.0. The summed E-state index contributed by atoms with van der Waals surface area (Å²) >= 11 is 0. The van der Waals surface area contributed by atoms with Crippen LogP contribution in [0.3, 0.4) is 0 Å². The van der Waals surface area contributed by atoms with Crippen molar-refractivity contribution in [2.75, 3.05) is 5.73 Å². The molecule has 2 aromatic carbocycles. The monoisotopic (exact) mass is 323 g/mol. The van der Waals surface area contributed by atoms with Crippen LogP contribution in [0.4, 0.5) is 14.6 Å². The van der Waals surface area contributed by atoms with Gasteiger partial charge in [0.05, 0.1) is 5.69 Å². The highest BCUT2D eigenvalue weighted by Crippen LogP contribution is 2.28. The van der Waals surface area contributed by atoms with Crippen LogP contribution >= 0.6 is 0 Å². The number of fused-ring (bicyclic) bond motifs is 1. The summed E-state index contributed by atoms with van der Waals surface area (Å²) in [6.45, 7) is 0. The minimum Gasteiger partial charge on any atom is -0.384 e. The van der Waals surface area contributed by atoms with Gasteiger partial charge in [0.15, 0.2) is 11.6 Å². The summed E-state index contributed by atoms with van der Waals surface area (Å²) in [7, 11) is 0. The van der Waals surface area contributed by atoms with Crippen molar-refractivity contribution in [3.63, 3.8) is 0 Å². The van der Waals surface area contributed by atoms with Crippen LogP contribution in [0, 0.1) is 11.6 Å². The molecule has 3 N–H and O–H groups in total. The van der Waals surface area contributed by atoms with E-state index in [0.29, 0.717) is 11.4 Å². The number of aromatic nitrogens is 4. The van der Waals surface area contributed by atoms with Crippen LogP contribution in [0.2, 0.25) is 0 Å². The van der Waals surface area contributed by atoms with E-state index in [2.05, 4.69) is 20.2 Å². The fourth-order valence-corrected chi connectivity index (χ4v) is 2.55. The predicted octanol–water partition coefficient (Wildman–Crippen LogP) is 3.55. The normalized spacial score (nSPS) is 11.1. The first kappa shape index (κ1) is 14.3. The van der Waals surface area contributed by atoms with Crippen molar-refractivity contribution < 1.29 is 8.78 Å². The third-order valence-corrected chi connectivity index (χ3v) is 3.62. The number of halogens is 2. The van der Waals surface area contributed by atoms with Gasteiger partial charge in [0.1, 0.15) is 22.8 Å². The topological polar surface area (TPSA) is 80.5 Å². The maximum atomic E-state index is 13.8. The standard InChI is InChI=1S/C17H11F2N5/c18-10-6-11-15(12(19)7-10)23-24-16(11)17-21-13(8-14(20)22-17)9-4-2-1-3-5-9/h1-8H,(H,23,24)(H2,20,21,22). The summed E-state index contributed by atoms with van der Waals surface area (Å²) in [4.78, 5) is 8.61. The van der Waals surface area contributed by atoms with E-state index in [1.807, 2.05) is 30.3 Å². The molecule has 24 heavy (non-hydrogen) atoms. The number of rotatable bonds is 2. The maximum Gasteiger partial charge on any atom is 0.180 e. The number of anilines is 1. The molecule has 0 radical (unpaired) electrons. The van der Waals surface area contributed by atoms with E-state index in [1.54, 1.807) is 6.07 Å². The van der Waals surface area contributed by atoms with Crippen molar-refractivity contribution in [1.82, 2.24) is 20.2 Å². The number of aromatic amines is 1. The smallest absolute Gasteiger partial charge is 0.180 e. The average Bonchev–Trinajstić information content (AvgIpc) is 2.99. The van der Waals surface area contributed by atoms with Crippen LogP contribution in [0.1, 0.15) is 0 Å². The van der Waals surface area contributed by atoms with Gasteiger partial charge in [0, 0.05) is 23.1 Å². The highest BCUT2D eigenvalue weighted by Gasteiger charge is 2.16. The lowest BCUT2D eigenvalue weighted by atomic mass is 10.1. The highest BCUT2D eigenvalue weighted by atomic mass is 19.1. The minimum atomic E-state index is -0.750. The Kier molecular flexibility index (Phi) is 3.19. The van der Waals surface area contributed by atoms with Crippen molar-refractivity contribution in [3.05, 3.63) is 60.2 Å². The van der Waals surface area contributed by atoms with Crippen molar-refractivity contribution in [1.29, 1.82) is 0 Å². The molecule has 0 unspecified atom stereocenters. The van der Waals surface area contributed by atoms with Gasteiger partial charge in [-0.25, -0.2) is 18.7 Å². The summed E-state index contributed by atoms with van der Waals surface area (Å²) in [5, 5.41) is 6.81. The number of nitrogens with two attached hydrogens (primary N) is 1. The van der Waals surface area contributed by atoms with E-state index in [0.717, 1.165) is 11.6 Å². The first-order valence-electron chi connectivity index (χ1n) is 7.15. The lowest BCUT2D eigenvalue weighted by Gasteiger charge is -2.05. The third kappa shape index (κ3) is 2.36. The van der Waals surface area contributed by atoms with Crippen LogP contribution in [-0.4, -0.2) is 20.2 Å². The molecule has 2 heterocycles. The van der Waals surface area contributed by atoms with E-state index in [9.17, 15) is 8.78 Å². The van der Waals surface area contributed by atoms with Crippen LogP contribution in [0.15, 0.2) is 48.5 Å². The Labute approximate surface area is 135 Å². The van der Waals surface area contributed by atoms with Gasteiger partial charge in [0.2, 0.25) is 0 Å². The van der Waals surface area contributed by atoms with E-state index in [1.165, 1.54) is 6.07 Å². The van der Waals surface area contributed by atoms with Gasteiger partial charge in [0.25, 0.3) is 0 Å².